The minimum Gasteiger partial charge on any atom is -0.489 e. The van der Waals surface area contributed by atoms with E-state index in [1.807, 2.05) is 18.2 Å². The maximum Gasteiger partial charge on any atom is 0.336 e. The molecule has 0 spiro atoms. The average molecular weight is 359 g/mol. The molecule has 0 aliphatic rings. The summed E-state index contributed by atoms with van der Waals surface area (Å²) in [5, 5.41) is 2.28. The fraction of sp³-hybridized carbons (Fsp3) is 0.111. The Bertz CT molecular complexity index is 971. The van der Waals surface area contributed by atoms with Gasteiger partial charge in [-0.2, -0.15) is 0 Å². The second-order valence-corrected chi connectivity index (χ2v) is 5.88. The van der Waals surface area contributed by atoms with Gasteiger partial charge in [-0.25, -0.2) is 10.6 Å². The van der Waals surface area contributed by atoms with Crippen LogP contribution in [-0.4, -0.2) is 11.4 Å². The van der Waals surface area contributed by atoms with Crippen LogP contribution in [0.15, 0.2) is 57.7 Å². The molecule has 1 aromatic heterocycles. The number of benzene rings is 2. The zero-order valence-electron chi connectivity index (χ0n) is 13.1. The van der Waals surface area contributed by atoms with Crippen LogP contribution >= 0.6 is 11.6 Å². The number of carbonyl (C=O) groups is 1. The normalized spacial score (nSPS) is 10.6. The van der Waals surface area contributed by atoms with Crippen molar-refractivity contribution in [2.45, 2.75) is 13.2 Å². The largest absolute Gasteiger partial charge is 0.489 e. The van der Waals surface area contributed by atoms with Crippen molar-refractivity contribution in [1.29, 1.82) is 0 Å². The Hall–Kier alpha value is -2.83. The van der Waals surface area contributed by atoms with Crippen molar-refractivity contribution >= 4 is 29.0 Å². The number of carbonyl (C=O) groups excluding carboxylic acids is 1. The maximum absolute atomic E-state index is 11.7. The lowest BCUT2D eigenvalue weighted by Crippen LogP contribution is -2.29. The lowest BCUT2D eigenvalue weighted by molar-refractivity contribution is -0.118. The summed E-state index contributed by atoms with van der Waals surface area (Å²) in [5.74, 6) is 6.05. The van der Waals surface area contributed by atoms with E-state index in [1.54, 1.807) is 24.3 Å². The Kier molecular flexibility index (Phi) is 5.02. The van der Waals surface area contributed by atoms with Gasteiger partial charge in [-0.05, 0) is 35.4 Å². The van der Waals surface area contributed by atoms with Gasteiger partial charge >= 0.3 is 5.63 Å². The van der Waals surface area contributed by atoms with Crippen molar-refractivity contribution in [1.82, 2.24) is 5.01 Å². The van der Waals surface area contributed by atoms with Gasteiger partial charge in [0.2, 0.25) is 6.41 Å². The monoisotopic (exact) mass is 358 g/mol. The van der Waals surface area contributed by atoms with Crippen molar-refractivity contribution in [3.63, 3.8) is 0 Å². The third-order valence-corrected chi connectivity index (χ3v) is 3.82. The second kappa shape index (κ2) is 7.38. The SMILES string of the molecule is NN(C=O)Cc1cc(=O)oc2cc(OCc3cccc(Cl)c3)ccc12. The Labute approximate surface area is 148 Å². The fourth-order valence-electron chi connectivity index (χ4n) is 2.46. The highest BCUT2D eigenvalue weighted by molar-refractivity contribution is 6.30. The minimum absolute atomic E-state index is 0.105. The highest BCUT2D eigenvalue weighted by Gasteiger charge is 2.09. The van der Waals surface area contributed by atoms with Crippen LogP contribution in [0, 0.1) is 0 Å². The van der Waals surface area contributed by atoms with E-state index in [2.05, 4.69) is 0 Å². The maximum atomic E-state index is 11.7. The van der Waals surface area contributed by atoms with Gasteiger partial charge < -0.3 is 9.15 Å². The average Bonchev–Trinajstić information content (AvgIpc) is 2.59. The summed E-state index contributed by atoms with van der Waals surface area (Å²) in [6.45, 7) is 0.437. The van der Waals surface area contributed by atoms with E-state index in [-0.39, 0.29) is 6.54 Å². The molecule has 3 rings (SSSR count). The van der Waals surface area contributed by atoms with Crippen molar-refractivity contribution < 1.29 is 13.9 Å². The topological polar surface area (TPSA) is 85.8 Å². The van der Waals surface area contributed by atoms with Crippen LogP contribution in [0.25, 0.3) is 11.0 Å². The summed E-state index contributed by atoms with van der Waals surface area (Å²) in [4.78, 5) is 22.4. The molecule has 1 amide bonds. The van der Waals surface area contributed by atoms with Gasteiger partial charge in [0.25, 0.3) is 0 Å². The molecule has 0 atom stereocenters. The number of nitrogens with two attached hydrogens (primary N) is 1. The molecular weight excluding hydrogens is 344 g/mol. The summed E-state index contributed by atoms with van der Waals surface area (Å²) in [6, 6.07) is 13.8. The summed E-state index contributed by atoms with van der Waals surface area (Å²) in [5.41, 5.74) is 1.37. The van der Waals surface area contributed by atoms with Crippen molar-refractivity contribution in [2.24, 2.45) is 5.84 Å². The predicted octanol–water partition coefficient (Wildman–Crippen LogP) is 2.86. The number of hydrazine groups is 1. The summed E-state index contributed by atoms with van der Waals surface area (Å²) in [7, 11) is 0. The molecule has 2 N–H and O–H groups in total. The van der Waals surface area contributed by atoms with Crippen LogP contribution in [0.2, 0.25) is 5.02 Å². The first kappa shape index (κ1) is 17.0. The van der Waals surface area contributed by atoms with E-state index in [0.717, 1.165) is 10.6 Å². The molecule has 0 bridgehead atoms. The van der Waals surface area contributed by atoms with Gasteiger partial charge in [-0.15, -0.1) is 0 Å². The molecule has 0 saturated heterocycles. The van der Waals surface area contributed by atoms with Crippen LogP contribution in [0.5, 0.6) is 5.75 Å². The van der Waals surface area contributed by atoms with Gasteiger partial charge in [0, 0.05) is 22.5 Å². The minimum atomic E-state index is -0.520. The number of hydrogen-bond acceptors (Lipinski definition) is 5. The Morgan fingerprint density at radius 2 is 2.04 bits per heavy atom. The molecule has 128 valence electrons. The van der Waals surface area contributed by atoms with Crippen molar-refractivity contribution in [3.05, 3.63) is 75.1 Å². The molecule has 2 aromatic carbocycles. The Morgan fingerprint density at radius 3 is 2.80 bits per heavy atom. The van der Waals surface area contributed by atoms with Crippen LogP contribution in [0.1, 0.15) is 11.1 Å². The molecule has 0 unspecified atom stereocenters. The van der Waals surface area contributed by atoms with Gasteiger partial charge in [0.05, 0.1) is 6.54 Å². The molecule has 0 saturated carbocycles. The van der Waals surface area contributed by atoms with Gasteiger partial charge in [-0.1, -0.05) is 23.7 Å². The second-order valence-electron chi connectivity index (χ2n) is 5.44. The first-order valence-electron chi connectivity index (χ1n) is 7.46. The molecule has 0 radical (unpaired) electrons. The van der Waals surface area contributed by atoms with E-state index in [4.69, 9.17) is 26.6 Å². The quantitative estimate of drug-likeness (QED) is 0.241. The highest BCUT2D eigenvalue weighted by Crippen LogP contribution is 2.24. The molecule has 3 aromatic rings. The van der Waals surface area contributed by atoms with E-state index < -0.39 is 5.63 Å². The molecule has 6 nitrogen and oxygen atoms in total. The van der Waals surface area contributed by atoms with Crippen LogP contribution < -0.4 is 16.2 Å². The standard InChI is InChI=1S/C18H15ClN2O4/c19-14-3-1-2-12(6-14)10-24-15-4-5-16-13(9-21(20)11-22)7-18(23)25-17(16)8-15/h1-8,11H,9-10,20H2. The van der Waals surface area contributed by atoms with Gasteiger partial charge in [-0.3, -0.25) is 9.80 Å². The number of rotatable bonds is 6. The zero-order chi connectivity index (χ0) is 17.8. The number of ether oxygens (including phenoxy) is 1. The Morgan fingerprint density at radius 1 is 1.20 bits per heavy atom. The summed E-state index contributed by atoms with van der Waals surface area (Å²) < 4.78 is 11.0. The van der Waals surface area contributed by atoms with Crippen molar-refractivity contribution in [3.8, 4) is 5.75 Å². The third kappa shape index (κ3) is 4.17. The zero-order valence-corrected chi connectivity index (χ0v) is 13.9. The van der Waals surface area contributed by atoms with E-state index >= 15 is 0 Å². The Balaban J connectivity index is 1.86. The molecule has 0 aliphatic heterocycles. The fourth-order valence-corrected chi connectivity index (χ4v) is 2.67. The molecule has 7 heteroatoms. The van der Waals surface area contributed by atoms with Crippen LogP contribution in [-0.2, 0) is 17.9 Å². The number of amides is 1. The van der Waals surface area contributed by atoms with E-state index in [9.17, 15) is 9.59 Å². The smallest absolute Gasteiger partial charge is 0.336 e. The molecule has 0 fully saturated rings. The van der Waals surface area contributed by atoms with Crippen LogP contribution in [0.4, 0.5) is 0 Å². The van der Waals surface area contributed by atoms with E-state index in [1.165, 1.54) is 6.07 Å². The van der Waals surface area contributed by atoms with Crippen molar-refractivity contribution in [2.75, 3.05) is 0 Å². The van der Waals surface area contributed by atoms with E-state index in [0.29, 0.717) is 40.3 Å². The van der Waals surface area contributed by atoms with Gasteiger partial charge in [0.15, 0.2) is 0 Å². The lowest BCUT2D eigenvalue weighted by atomic mass is 10.1. The first-order valence-corrected chi connectivity index (χ1v) is 7.83. The summed E-state index contributed by atoms with van der Waals surface area (Å²) in [6.07, 6.45) is 0.489. The summed E-state index contributed by atoms with van der Waals surface area (Å²) >= 11 is 5.95. The third-order valence-electron chi connectivity index (χ3n) is 3.58. The molecule has 1 heterocycles. The van der Waals surface area contributed by atoms with Gasteiger partial charge in [0.1, 0.15) is 17.9 Å². The number of fused-ring (bicyclic) bond motifs is 1. The molecule has 0 aliphatic carbocycles. The first-order chi connectivity index (χ1) is 12.0. The number of hydrogen-bond donors (Lipinski definition) is 1. The number of halogens is 1. The van der Waals surface area contributed by atoms with Crippen LogP contribution in [0.3, 0.4) is 0 Å². The molecule has 25 heavy (non-hydrogen) atoms. The predicted molar refractivity (Wildman–Crippen MR) is 94.1 cm³/mol. The number of nitrogens with zero attached hydrogens (tertiary/aromatic N) is 1. The highest BCUT2D eigenvalue weighted by atomic mass is 35.5. The lowest BCUT2D eigenvalue weighted by Gasteiger charge is -2.12. The molecular formula is C18H15ClN2O4.